The first-order valence-corrected chi connectivity index (χ1v) is 10.0. The monoisotopic (exact) mass is 412 g/mol. The van der Waals surface area contributed by atoms with E-state index in [2.05, 4.69) is 20.5 Å². The molecule has 2 heterocycles. The molecule has 28 heavy (non-hydrogen) atoms. The lowest BCUT2D eigenvalue weighted by Gasteiger charge is -2.15. The van der Waals surface area contributed by atoms with Gasteiger partial charge < -0.3 is 14.7 Å². The van der Waals surface area contributed by atoms with Crippen LogP contribution in [-0.4, -0.2) is 26.8 Å². The average molecular weight is 413 g/mol. The van der Waals surface area contributed by atoms with E-state index in [1.54, 1.807) is 6.07 Å². The van der Waals surface area contributed by atoms with Crippen molar-refractivity contribution in [3.05, 3.63) is 65.3 Å². The molecule has 1 unspecified atom stereocenters. The molecule has 8 heteroatoms. The largest absolute Gasteiger partial charge is 0.411 e. The van der Waals surface area contributed by atoms with E-state index < -0.39 is 0 Å². The van der Waals surface area contributed by atoms with Crippen LogP contribution in [0.25, 0.3) is 22.4 Å². The van der Waals surface area contributed by atoms with Crippen molar-refractivity contribution < 1.29 is 9.21 Å². The number of halogens is 1. The lowest BCUT2D eigenvalue weighted by molar-refractivity contribution is -0.119. The van der Waals surface area contributed by atoms with Gasteiger partial charge in [-0.3, -0.25) is 4.79 Å². The minimum Gasteiger partial charge on any atom is -0.411 e. The number of aromatic amines is 1. The number of nitrogens with zero attached hydrogens (tertiary/aromatic N) is 2. The van der Waals surface area contributed by atoms with Gasteiger partial charge >= 0.3 is 0 Å². The molecule has 4 aromatic rings. The molecule has 2 aromatic heterocycles. The normalized spacial score (nSPS) is 12.2. The Bertz CT molecular complexity index is 1120. The first kappa shape index (κ1) is 18.6. The Morgan fingerprint density at radius 2 is 2.00 bits per heavy atom. The van der Waals surface area contributed by atoms with Gasteiger partial charge in [0.15, 0.2) is 0 Å². The molecule has 0 aliphatic heterocycles. The van der Waals surface area contributed by atoms with Crippen LogP contribution in [0, 0.1) is 0 Å². The number of para-hydroxylation sites is 1. The van der Waals surface area contributed by atoms with Gasteiger partial charge in [0.05, 0.1) is 17.4 Å². The van der Waals surface area contributed by atoms with Gasteiger partial charge in [0.1, 0.15) is 0 Å². The van der Waals surface area contributed by atoms with Crippen LogP contribution in [0.4, 0.5) is 0 Å². The molecule has 0 saturated carbocycles. The molecule has 0 radical (unpaired) electrons. The van der Waals surface area contributed by atoms with Crippen molar-refractivity contribution in [3.63, 3.8) is 0 Å². The Hall–Kier alpha value is -2.77. The Morgan fingerprint density at radius 1 is 1.21 bits per heavy atom. The number of amides is 1. The molecule has 0 fully saturated rings. The van der Waals surface area contributed by atoms with Gasteiger partial charge in [0.2, 0.25) is 5.91 Å². The second-order valence-corrected chi connectivity index (χ2v) is 7.55. The number of nitrogens with one attached hydrogen (secondary N) is 2. The third-order valence-corrected chi connectivity index (χ3v) is 5.46. The number of rotatable bonds is 6. The first-order valence-electron chi connectivity index (χ1n) is 8.68. The van der Waals surface area contributed by atoms with Gasteiger partial charge in [-0.15, -0.1) is 10.2 Å². The first-order chi connectivity index (χ1) is 13.6. The van der Waals surface area contributed by atoms with Crippen LogP contribution in [0.15, 0.2) is 64.4 Å². The molecule has 142 valence electrons. The van der Waals surface area contributed by atoms with E-state index in [0.717, 1.165) is 22.0 Å². The van der Waals surface area contributed by atoms with E-state index in [0.29, 0.717) is 16.1 Å². The molecule has 0 spiro atoms. The summed E-state index contributed by atoms with van der Waals surface area (Å²) in [5.41, 5.74) is 2.71. The van der Waals surface area contributed by atoms with Gasteiger partial charge in [-0.1, -0.05) is 59.8 Å². The Morgan fingerprint density at radius 3 is 2.86 bits per heavy atom. The molecule has 0 bridgehead atoms. The minimum atomic E-state index is -0.189. The number of thioether (sulfide) groups is 1. The Labute approximate surface area is 170 Å². The SMILES string of the molecule is CC(NC(=O)CSc1nnc(-c2c[nH]c3ccccc23)o1)c1ccccc1Cl. The maximum absolute atomic E-state index is 12.3. The van der Waals surface area contributed by atoms with E-state index in [9.17, 15) is 4.79 Å². The van der Waals surface area contributed by atoms with Crippen LogP contribution in [0.2, 0.25) is 5.02 Å². The van der Waals surface area contributed by atoms with Crippen LogP contribution in [0.3, 0.4) is 0 Å². The molecular weight excluding hydrogens is 396 g/mol. The van der Waals surface area contributed by atoms with Gasteiger partial charge in [-0.05, 0) is 24.6 Å². The lowest BCUT2D eigenvalue weighted by Crippen LogP contribution is -2.28. The maximum Gasteiger partial charge on any atom is 0.277 e. The van der Waals surface area contributed by atoms with Crippen molar-refractivity contribution in [3.8, 4) is 11.5 Å². The number of aromatic nitrogens is 3. The molecule has 2 aromatic carbocycles. The minimum absolute atomic E-state index is 0.135. The Kier molecular flexibility index (Phi) is 5.36. The third-order valence-electron chi connectivity index (χ3n) is 4.30. The summed E-state index contributed by atoms with van der Waals surface area (Å²) >= 11 is 7.37. The fraction of sp³-hybridized carbons (Fsp3) is 0.150. The van der Waals surface area contributed by atoms with E-state index in [4.69, 9.17) is 16.0 Å². The summed E-state index contributed by atoms with van der Waals surface area (Å²) in [5.74, 6) is 0.457. The predicted molar refractivity (Wildman–Crippen MR) is 110 cm³/mol. The summed E-state index contributed by atoms with van der Waals surface area (Å²) < 4.78 is 5.71. The summed E-state index contributed by atoms with van der Waals surface area (Å²) in [6.07, 6.45) is 1.84. The zero-order chi connectivity index (χ0) is 19.5. The fourth-order valence-corrected chi connectivity index (χ4v) is 3.81. The van der Waals surface area contributed by atoms with Crippen LogP contribution >= 0.6 is 23.4 Å². The molecule has 6 nitrogen and oxygen atoms in total. The van der Waals surface area contributed by atoms with Crippen LogP contribution in [-0.2, 0) is 4.79 Å². The van der Waals surface area contributed by atoms with Crippen LogP contribution < -0.4 is 5.32 Å². The average Bonchev–Trinajstić information content (AvgIpc) is 3.33. The zero-order valence-electron chi connectivity index (χ0n) is 15.0. The van der Waals surface area contributed by atoms with Crippen molar-refractivity contribution in [2.24, 2.45) is 0 Å². The van der Waals surface area contributed by atoms with Gasteiger partial charge in [0.25, 0.3) is 11.1 Å². The molecule has 0 aliphatic rings. The topological polar surface area (TPSA) is 83.8 Å². The number of benzene rings is 2. The number of carbonyl (C=O) groups is 1. The van der Waals surface area contributed by atoms with E-state index >= 15 is 0 Å². The Balaban J connectivity index is 1.38. The maximum atomic E-state index is 12.3. The molecule has 1 atom stereocenters. The molecule has 0 aliphatic carbocycles. The molecule has 1 amide bonds. The van der Waals surface area contributed by atoms with Crippen LogP contribution in [0.5, 0.6) is 0 Å². The highest BCUT2D eigenvalue weighted by atomic mass is 35.5. The number of hydrogen-bond donors (Lipinski definition) is 2. The summed E-state index contributed by atoms with van der Waals surface area (Å²) in [5, 5.41) is 13.0. The van der Waals surface area contributed by atoms with Crippen molar-refractivity contribution >= 4 is 40.2 Å². The van der Waals surface area contributed by atoms with Crippen molar-refractivity contribution in [2.75, 3.05) is 5.75 Å². The second-order valence-electron chi connectivity index (χ2n) is 6.22. The van der Waals surface area contributed by atoms with Gasteiger partial charge in [-0.25, -0.2) is 0 Å². The molecule has 0 saturated heterocycles. The van der Waals surface area contributed by atoms with E-state index in [-0.39, 0.29) is 17.7 Å². The zero-order valence-corrected chi connectivity index (χ0v) is 16.6. The number of fused-ring (bicyclic) bond motifs is 1. The highest BCUT2D eigenvalue weighted by Gasteiger charge is 2.16. The quantitative estimate of drug-likeness (QED) is 0.442. The van der Waals surface area contributed by atoms with Crippen molar-refractivity contribution in [1.29, 1.82) is 0 Å². The number of carbonyl (C=O) groups excluding carboxylic acids is 1. The standard InChI is InChI=1S/C20H17ClN4O2S/c1-12(13-6-2-4-8-16(13)21)23-18(26)11-28-20-25-24-19(27-20)15-10-22-17-9-5-3-7-14(15)17/h2-10,12,22H,11H2,1H3,(H,23,26). The summed E-state index contributed by atoms with van der Waals surface area (Å²) in [6.45, 7) is 1.89. The van der Waals surface area contributed by atoms with E-state index in [1.165, 1.54) is 11.8 Å². The highest BCUT2D eigenvalue weighted by Crippen LogP contribution is 2.29. The predicted octanol–water partition coefficient (Wildman–Crippen LogP) is 4.84. The van der Waals surface area contributed by atoms with Gasteiger partial charge in [0, 0.05) is 22.1 Å². The second kappa shape index (κ2) is 8.08. The molecule has 4 rings (SSSR count). The summed E-state index contributed by atoms with van der Waals surface area (Å²) in [6, 6.07) is 15.1. The van der Waals surface area contributed by atoms with Crippen molar-refractivity contribution in [1.82, 2.24) is 20.5 Å². The molecular formula is C20H17ClN4O2S. The fourth-order valence-electron chi connectivity index (χ4n) is 2.94. The third kappa shape index (κ3) is 3.90. The van der Waals surface area contributed by atoms with Crippen LogP contribution in [0.1, 0.15) is 18.5 Å². The number of H-pyrrole nitrogens is 1. The summed E-state index contributed by atoms with van der Waals surface area (Å²) in [7, 11) is 0. The smallest absolute Gasteiger partial charge is 0.277 e. The van der Waals surface area contributed by atoms with Gasteiger partial charge in [-0.2, -0.15) is 0 Å². The lowest BCUT2D eigenvalue weighted by atomic mass is 10.1. The molecule has 2 N–H and O–H groups in total. The number of hydrogen-bond acceptors (Lipinski definition) is 5. The van der Waals surface area contributed by atoms with Crippen molar-refractivity contribution in [2.45, 2.75) is 18.2 Å². The highest BCUT2D eigenvalue weighted by molar-refractivity contribution is 7.99. The summed E-state index contributed by atoms with van der Waals surface area (Å²) in [4.78, 5) is 15.4. The van der Waals surface area contributed by atoms with E-state index in [1.807, 2.05) is 55.6 Å².